The number of benzene rings is 1. The normalized spacial score (nSPS) is 23.5. The molecule has 0 bridgehead atoms. The molecule has 104 valence electrons. The largest absolute Gasteiger partial charge is 0.495 e. The van der Waals surface area contributed by atoms with Gasteiger partial charge in [0.05, 0.1) is 18.8 Å². The van der Waals surface area contributed by atoms with E-state index in [2.05, 4.69) is 5.32 Å². The fourth-order valence-electron chi connectivity index (χ4n) is 2.42. The number of nitrogens with one attached hydrogen (secondary N) is 1. The number of nitrogens with zero attached hydrogens (tertiary/aromatic N) is 1. The predicted octanol–water partition coefficient (Wildman–Crippen LogP) is 0.771. The van der Waals surface area contributed by atoms with Crippen LogP contribution in [0.1, 0.15) is 13.3 Å². The van der Waals surface area contributed by atoms with Crippen LogP contribution < -0.4 is 15.0 Å². The van der Waals surface area contributed by atoms with Gasteiger partial charge in [-0.3, -0.25) is 4.79 Å². The Hall–Kier alpha value is -1.59. The van der Waals surface area contributed by atoms with Crippen LogP contribution in [0.3, 0.4) is 0 Å². The number of piperazine rings is 1. The van der Waals surface area contributed by atoms with Gasteiger partial charge in [0, 0.05) is 19.2 Å². The molecule has 1 aromatic rings. The SMILES string of the molecule is COc1ccccc1N1C(=O)C(CCO)NCC1C. The van der Waals surface area contributed by atoms with E-state index >= 15 is 0 Å². The number of aliphatic hydroxyl groups is 1. The average molecular weight is 264 g/mol. The molecule has 2 N–H and O–H groups in total. The summed E-state index contributed by atoms with van der Waals surface area (Å²) in [7, 11) is 1.60. The summed E-state index contributed by atoms with van der Waals surface area (Å²) in [6.07, 6.45) is 0.428. The number of anilines is 1. The molecule has 1 amide bonds. The third-order valence-corrected chi connectivity index (χ3v) is 3.40. The maximum Gasteiger partial charge on any atom is 0.244 e. The highest BCUT2D eigenvalue weighted by Gasteiger charge is 2.34. The van der Waals surface area contributed by atoms with E-state index in [1.807, 2.05) is 31.2 Å². The van der Waals surface area contributed by atoms with Crippen molar-refractivity contribution in [3.05, 3.63) is 24.3 Å². The highest BCUT2D eigenvalue weighted by molar-refractivity contribution is 5.99. The number of hydrogen-bond acceptors (Lipinski definition) is 4. The molecular formula is C14H20N2O3. The fraction of sp³-hybridized carbons (Fsp3) is 0.500. The molecular weight excluding hydrogens is 244 g/mol. The smallest absolute Gasteiger partial charge is 0.244 e. The van der Waals surface area contributed by atoms with Crippen LogP contribution in [0.5, 0.6) is 5.75 Å². The van der Waals surface area contributed by atoms with Crippen molar-refractivity contribution < 1.29 is 14.6 Å². The van der Waals surface area contributed by atoms with E-state index < -0.39 is 0 Å². The van der Waals surface area contributed by atoms with Crippen molar-refractivity contribution in [1.29, 1.82) is 0 Å². The summed E-state index contributed by atoms with van der Waals surface area (Å²) in [6.45, 7) is 2.69. The van der Waals surface area contributed by atoms with E-state index in [1.165, 1.54) is 0 Å². The van der Waals surface area contributed by atoms with Crippen molar-refractivity contribution in [3.63, 3.8) is 0 Å². The maximum absolute atomic E-state index is 12.5. The number of ether oxygens (including phenoxy) is 1. The zero-order chi connectivity index (χ0) is 13.8. The van der Waals surface area contributed by atoms with Crippen molar-refractivity contribution in [2.75, 3.05) is 25.2 Å². The Labute approximate surface area is 113 Å². The quantitative estimate of drug-likeness (QED) is 0.843. The second kappa shape index (κ2) is 6.04. The molecule has 1 aromatic carbocycles. The topological polar surface area (TPSA) is 61.8 Å². The van der Waals surface area contributed by atoms with Gasteiger partial charge in [-0.05, 0) is 25.5 Å². The molecule has 1 aliphatic heterocycles. The number of hydrogen-bond donors (Lipinski definition) is 2. The molecule has 1 saturated heterocycles. The summed E-state index contributed by atoms with van der Waals surface area (Å²) in [6, 6.07) is 7.23. The Morgan fingerprint density at radius 1 is 1.47 bits per heavy atom. The minimum absolute atomic E-state index is 0.00243. The number of aliphatic hydroxyl groups excluding tert-OH is 1. The summed E-state index contributed by atoms with van der Waals surface area (Å²) < 4.78 is 5.33. The predicted molar refractivity (Wildman–Crippen MR) is 73.4 cm³/mol. The number of methoxy groups -OCH3 is 1. The molecule has 2 rings (SSSR count). The Morgan fingerprint density at radius 2 is 2.21 bits per heavy atom. The first kappa shape index (κ1) is 13.8. The lowest BCUT2D eigenvalue weighted by Crippen LogP contribution is -2.59. The highest BCUT2D eigenvalue weighted by atomic mass is 16.5. The second-order valence-corrected chi connectivity index (χ2v) is 4.70. The summed E-state index contributed by atoms with van der Waals surface area (Å²) in [5.41, 5.74) is 0.784. The van der Waals surface area contributed by atoms with E-state index in [0.717, 1.165) is 5.69 Å². The van der Waals surface area contributed by atoms with Gasteiger partial charge in [0.25, 0.3) is 0 Å². The van der Waals surface area contributed by atoms with Crippen molar-refractivity contribution in [1.82, 2.24) is 5.32 Å². The fourth-order valence-corrected chi connectivity index (χ4v) is 2.42. The molecule has 5 heteroatoms. The first-order valence-electron chi connectivity index (χ1n) is 6.49. The maximum atomic E-state index is 12.5. The van der Waals surface area contributed by atoms with E-state index in [-0.39, 0.29) is 24.6 Å². The van der Waals surface area contributed by atoms with Gasteiger partial charge in [-0.2, -0.15) is 0 Å². The van der Waals surface area contributed by atoms with Gasteiger partial charge in [0.2, 0.25) is 5.91 Å². The number of amides is 1. The van der Waals surface area contributed by atoms with E-state index in [0.29, 0.717) is 18.7 Å². The Balaban J connectivity index is 2.32. The molecule has 1 heterocycles. The van der Waals surface area contributed by atoms with Crippen LogP contribution in [0.2, 0.25) is 0 Å². The Kier molecular flexibility index (Phi) is 4.39. The van der Waals surface area contributed by atoms with Crippen molar-refractivity contribution >= 4 is 11.6 Å². The van der Waals surface area contributed by atoms with Crippen LogP contribution in [0.15, 0.2) is 24.3 Å². The van der Waals surface area contributed by atoms with Crippen LogP contribution in [-0.2, 0) is 4.79 Å². The van der Waals surface area contributed by atoms with Gasteiger partial charge < -0.3 is 20.1 Å². The summed E-state index contributed by atoms with van der Waals surface area (Å²) in [4.78, 5) is 14.3. The van der Waals surface area contributed by atoms with Gasteiger partial charge in [-0.1, -0.05) is 12.1 Å². The number of rotatable bonds is 4. The summed E-state index contributed by atoms with van der Waals surface area (Å²) in [5, 5.41) is 12.2. The molecule has 0 spiro atoms. The summed E-state index contributed by atoms with van der Waals surface area (Å²) >= 11 is 0. The van der Waals surface area contributed by atoms with Gasteiger partial charge in [-0.15, -0.1) is 0 Å². The number of para-hydroxylation sites is 2. The van der Waals surface area contributed by atoms with Gasteiger partial charge >= 0.3 is 0 Å². The highest BCUT2D eigenvalue weighted by Crippen LogP contribution is 2.31. The summed E-state index contributed by atoms with van der Waals surface area (Å²) in [5.74, 6) is 0.671. The molecule has 0 aromatic heterocycles. The average Bonchev–Trinajstić information content (AvgIpc) is 2.43. The molecule has 0 aliphatic carbocycles. The van der Waals surface area contributed by atoms with Crippen molar-refractivity contribution in [2.45, 2.75) is 25.4 Å². The van der Waals surface area contributed by atoms with Crippen LogP contribution in [0.25, 0.3) is 0 Å². The standard InChI is InChI=1S/C14H20N2O3/c1-10-9-15-11(7-8-17)14(18)16(10)12-5-3-4-6-13(12)19-2/h3-6,10-11,15,17H,7-9H2,1-2H3. The van der Waals surface area contributed by atoms with E-state index in [1.54, 1.807) is 12.0 Å². The molecule has 2 atom stereocenters. The van der Waals surface area contributed by atoms with Crippen molar-refractivity contribution in [3.8, 4) is 5.75 Å². The van der Waals surface area contributed by atoms with E-state index in [4.69, 9.17) is 9.84 Å². The lowest BCUT2D eigenvalue weighted by Gasteiger charge is -2.38. The van der Waals surface area contributed by atoms with Gasteiger partial charge in [-0.25, -0.2) is 0 Å². The minimum Gasteiger partial charge on any atom is -0.495 e. The Morgan fingerprint density at radius 3 is 2.89 bits per heavy atom. The molecule has 5 nitrogen and oxygen atoms in total. The Bertz CT molecular complexity index is 450. The zero-order valence-corrected chi connectivity index (χ0v) is 11.3. The monoisotopic (exact) mass is 264 g/mol. The number of carbonyl (C=O) groups is 1. The van der Waals surface area contributed by atoms with Gasteiger partial charge in [0.15, 0.2) is 0 Å². The minimum atomic E-state index is -0.328. The lowest BCUT2D eigenvalue weighted by molar-refractivity contribution is -0.122. The zero-order valence-electron chi connectivity index (χ0n) is 11.3. The van der Waals surface area contributed by atoms with Crippen LogP contribution in [-0.4, -0.2) is 43.4 Å². The van der Waals surface area contributed by atoms with Gasteiger partial charge in [0.1, 0.15) is 5.75 Å². The second-order valence-electron chi connectivity index (χ2n) is 4.70. The molecule has 19 heavy (non-hydrogen) atoms. The molecule has 2 unspecified atom stereocenters. The molecule has 0 saturated carbocycles. The molecule has 0 radical (unpaired) electrons. The molecule has 1 aliphatic rings. The number of carbonyl (C=O) groups excluding carboxylic acids is 1. The van der Waals surface area contributed by atoms with Crippen molar-refractivity contribution in [2.24, 2.45) is 0 Å². The third kappa shape index (κ3) is 2.72. The van der Waals surface area contributed by atoms with E-state index in [9.17, 15) is 4.79 Å². The first-order chi connectivity index (χ1) is 9.19. The van der Waals surface area contributed by atoms with Crippen LogP contribution in [0.4, 0.5) is 5.69 Å². The third-order valence-electron chi connectivity index (χ3n) is 3.40. The van der Waals surface area contributed by atoms with Crippen LogP contribution in [0, 0.1) is 0 Å². The first-order valence-corrected chi connectivity index (χ1v) is 6.49. The van der Waals surface area contributed by atoms with Crippen LogP contribution >= 0.6 is 0 Å². The lowest BCUT2D eigenvalue weighted by atomic mass is 10.1. The molecule has 1 fully saturated rings.